The van der Waals surface area contributed by atoms with Crippen LogP contribution in [0.15, 0.2) is 79.1 Å². The van der Waals surface area contributed by atoms with Crippen molar-refractivity contribution in [3.63, 3.8) is 0 Å². The van der Waals surface area contributed by atoms with Gasteiger partial charge in [-0.1, -0.05) is 18.1 Å². The molecule has 57 heavy (non-hydrogen) atoms. The van der Waals surface area contributed by atoms with Crippen LogP contribution < -0.4 is 25.0 Å². The predicted octanol–water partition coefficient (Wildman–Crippen LogP) is 4.05. The van der Waals surface area contributed by atoms with Gasteiger partial charge in [-0.25, -0.2) is 14.5 Å². The van der Waals surface area contributed by atoms with Crippen LogP contribution in [-0.4, -0.2) is 105 Å². The molecule has 2 fully saturated rings. The van der Waals surface area contributed by atoms with Gasteiger partial charge in [-0.2, -0.15) is 0 Å². The molecule has 4 amide bonds. The summed E-state index contributed by atoms with van der Waals surface area (Å²) in [6.07, 6.45) is 6.47. The van der Waals surface area contributed by atoms with Gasteiger partial charge in [0.05, 0.1) is 48.4 Å². The number of ether oxygens (including phenoxy) is 2. The van der Waals surface area contributed by atoms with Crippen LogP contribution in [0, 0.1) is 11.8 Å². The molecule has 5 aromatic rings. The number of imide groups is 2. The number of amides is 4. The average Bonchev–Trinajstić information content (AvgIpc) is 3.75. The fraction of sp³-hybridized carbons (Fsp3) is 0.310. The van der Waals surface area contributed by atoms with Gasteiger partial charge in [-0.15, -0.1) is 5.10 Å². The van der Waals surface area contributed by atoms with Crippen molar-refractivity contribution in [2.45, 2.75) is 38.1 Å². The number of fused-ring (bicyclic) bond motifs is 2. The van der Waals surface area contributed by atoms with Crippen molar-refractivity contribution in [3.8, 4) is 23.3 Å². The lowest BCUT2D eigenvalue weighted by atomic mass is 10.0. The van der Waals surface area contributed by atoms with Gasteiger partial charge in [0.1, 0.15) is 29.1 Å². The smallest absolute Gasteiger partial charge is 0.266 e. The van der Waals surface area contributed by atoms with E-state index in [9.17, 15) is 19.2 Å². The van der Waals surface area contributed by atoms with Gasteiger partial charge in [0.25, 0.3) is 11.8 Å². The molecule has 15 heteroatoms. The van der Waals surface area contributed by atoms with E-state index in [1.807, 2.05) is 48.5 Å². The third kappa shape index (κ3) is 8.12. The van der Waals surface area contributed by atoms with Crippen molar-refractivity contribution < 1.29 is 28.7 Å². The quantitative estimate of drug-likeness (QED) is 0.107. The monoisotopic (exact) mass is 767 g/mol. The fourth-order valence-corrected chi connectivity index (χ4v) is 7.27. The number of benzene rings is 2. The number of carbonyl (C=O) groups is 4. The molecule has 3 aliphatic rings. The molecule has 1 atom stereocenters. The molecule has 0 saturated carbocycles. The highest BCUT2D eigenvalue weighted by atomic mass is 16.5. The molecule has 2 N–H and O–H groups in total. The maximum atomic E-state index is 13.3. The van der Waals surface area contributed by atoms with Gasteiger partial charge in [0.2, 0.25) is 17.8 Å². The number of carbonyl (C=O) groups excluding carboxylic acids is 4. The first-order valence-corrected chi connectivity index (χ1v) is 19.0. The Labute approximate surface area is 329 Å². The Bertz CT molecular complexity index is 2390. The lowest BCUT2D eigenvalue weighted by Gasteiger charge is -2.35. The summed E-state index contributed by atoms with van der Waals surface area (Å²) >= 11 is 0. The highest BCUT2D eigenvalue weighted by Gasteiger charge is 2.46. The number of nitrogens with one attached hydrogen (secondary N) is 2. The van der Waals surface area contributed by atoms with Crippen LogP contribution in [0.4, 0.5) is 17.5 Å². The highest BCUT2D eigenvalue weighted by Crippen LogP contribution is 2.34. The number of piperazine rings is 1. The van der Waals surface area contributed by atoms with Gasteiger partial charge >= 0.3 is 0 Å². The molecule has 0 aliphatic carbocycles. The van der Waals surface area contributed by atoms with Crippen LogP contribution in [0.25, 0.3) is 5.52 Å². The normalized spacial score (nSPS) is 17.0. The summed E-state index contributed by atoms with van der Waals surface area (Å²) < 4.78 is 13.1. The Morgan fingerprint density at radius 3 is 2.54 bits per heavy atom. The Hall–Kier alpha value is -6.79. The summed E-state index contributed by atoms with van der Waals surface area (Å²) in [5.74, 6) is 6.67. The van der Waals surface area contributed by atoms with Crippen molar-refractivity contribution in [1.82, 2.24) is 34.7 Å². The van der Waals surface area contributed by atoms with Crippen LogP contribution in [0.5, 0.6) is 11.5 Å². The molecule has 0 spiro atoms. The summed E-state index contributed by atoms with van der Waals surface area (Å²) in [7, 11) is 1.63. The van der Waals surface area contributed by atoms with E-state index in [0.717, 1.165) is 90.9 Å². The van der Waals surface area contributed by atoms with Crippen molar-refractivity contribution in [3.05, 3.63) is 102 Å². The average molecular weight is 768 g/mol. The minimum Gasteiger partial charge on any atom is -0.497 e. The number of hydrogen-bond acceptors (Lipinski definition) is 12. The molecule has 15 nitrogen and oxygen atoms in total. The molecule has 2 saturated heterocycles. The summed E-state index contributed by atoms with van der Waals surface area (Å²) in [6, 6.07) is 19.4. The minimum atomic E-state index is -1.01. The van der Waals surface area contributed by atoms with E-state index in [4.69, 9.17) is 14.5 Å². The van der Waals surface area contributed by atoms with Gasteiger partial charge in [-0.3, -0.25) is 34.3 Å². The van der Waals surface area contributed by atoms with Crippen molar-refractivity contribution in [2.75, 3.05) is 56.7 Å². The lowest BCUT2D eigenvalue weighted by Crippen LogP contribution is -2.54. The number of piperidine rings is 1. The molecule has 0 radical (unpaired) electrons. The minimum absolute atomic E-state index is 0.0725. The van der Waals surface area contributed by atoms with E-state index >= 15 is 0 Å². The molecule has 3 aromatic heterocycles. The topological polar surface area (TPSA) is 164 Å². The van der Waals surface area contributed by atoms with Gasteiger partial charge in [0.15, 0.2) is 0 Å². The number of methoxy groups -OCH3 is 1. The van der Waals surface area contributed by atoms with Crippen LogP contribution in [0.3, 0.4) is 0 Å². The Balaban J connectivity index is 0.768. The zero-order chi connectivity index (χ0) is 39.3. The lowest BCUT2D eigenvalue weighted by molar-refractivity contribution is -0.136. The summed E-state index contributed by atoms with van der Waals surface area (Å²) in [5, 5.41) is 10.1. The first-order chi connectivity index (χ1) is 27.8. The second-order valence-electron chi connectivity index (χ2n) is 14.0. The summed E-state index contributed by atoms with van der Waals surface area (Å²) in [5.41, 5.74) is 3.60. The standard InChI is InChI=1S/C42H41N9O6/c1-56-32-8-5-7-28(25-32)11-13-30-14-15-31-27-44-42(47-51(30)31)45-29-12-17-36(43-26-29)49-22-20-48(21-23-49)19-3-2-4-24-57-35-10-6-9-33-38(35)41(55)50(40(33)54)34-16-18-37(52)46-39(34)53/h5-10,12,14-15,17,25-27,34H,2-4,16,18-24H2,1H3,(H,45,47)(H,46,52,53). The van der Waals surface area contributed by atoms with Crippen molar-refractivity contribution in [1.29, 1.82) is 0 Å². The Kier molecular flexibility index (Phi) is 10.8. The third-order valence-electron chi connectivity index (χ3n) is 10.3. The summed E-state index contributed by atoms with van der Waals surface area (Å²) in [4.78, 5) is 65.3. The van der Waals surface area contributed by atoms with Gasteiger partial charge < -0.3 is 19.7 Å². The number of hydrogen-bond donors (Lipinski definition) is 2. The highest BCUT2D eigenvalue weighted by molar-refractivity contribution is 6.24. The van der Waals surface area contributed by atoms with E-state index in [2.05, 4.69) is 42.4 Å². The molecular formula is C42H41N9O6. The molecule has 8 rings (SSSR count). The molecule has 1 unspecified atom stereocenters. The number of nitrogens with zero attached hydrogens (tertiary/aromatic N) is 7. The molecular weight excluding hydrogens is 727 g/mol. The van der Waals surface area contributed by atoms with Crippen LogP contribution in [0.2, 0.25) is 0 Å². The Morgan fingerprint density at radius 2 is 1.74 bits per heavy atom. The zero-order valence-electron chi connectivity index (χ0n) is 31.4. The molecule has 3 aliphatic heterocycles. The molecule has 290 valence electrons. The number of aromatic nitrogens is 4. The van der Waals surface area contributed by atoms with E-state index in [1.54, 1.807) is 42.2 Å². The predicted molar refractivity (Wildman–Crippen MR) is 211 cm³/mol. The molecule has 0 bridgehead atoms. The van der Waals surface area contributed by atoms with Crippen LogP contribution >= 0.6 is 0 Å². The number of anilines is 3. The first-order valence-electron chi connectivity index (χ1n) is 19.0. The largest absolute Gasteiger partial charge is 0.497 e. The number of pyridine rings is 1. The van der Waals surface area contributed by atoms with Crippen molar-refractivity contribution in [2.24, 2.45) is 0 Å². The SMILES string of the molecule is COc1cccc(C#Cc2ccc3cnc(Nc4ccc(N5CCN(CCCCCOc6cccc7c6C(=O)N(C6CCC(=O)NC6=O)C7=O)CC5)nc4)nn23)c1. The van der Waals surface area contributed by atoms with E-state index in [-0.39, 0.29) is 24.0 Å². The van der Waals surface area contributed by atoms with Gasteiger partial charge in [-0.05, 0) is 92.7 Å². The second kappa shape index (κ2) is 16.5. The third-order valence-corrected chi connectivity index (χ3v) is 10.3. The Morgan fingerprint density at radius 1 is 0.877 bits per heavy atom. The van der Waals surface area contributed by atoms with Crippen molar-refractivity contribution >= 4 is 46.6 Å². The van der Waals surface area contributed by atoms with E-state index in [1.165, 1.54) is 0 Å². The van der Waals surface area contributed by atoms with E-state index < -0.39 is 29.7 Å². The summed E-state index contributed by atoms with van der Waals surface area (Å²) in [6.45, 7) is 4.98. The fourth-order valence-electron chi connectivity index (χ4n) is 7.27. The zero-order valence-corrected chi connectivity index (χ0v) is 31.4. The maximum Gasteiger partial charge on any atom is 0.266 e. The van der Waals surface area contributed by atoms with Gasteiger partial charge in [0, 0.05) is 38.2 Å². The maximum absolute atomic E-state index is 13.3. The first kappa shape index (κ1) is 37.1. The molecule has 6 heterocycles. The van der Waals surface area contributed by atoms with E-state index in [0.29, 0.717) is 18.3 Å². The van der Waals surface area contributed by atoms with Crippen LogP contribution in [0.1, 0.15) is 64.1 Å². The second-order valence-corrected chi connectivity index (χ2v) is 14.0. The number of rotatable bonds is 12. The van der Waals surface area contributed by atoms with Crippen LogP contribution in [-0.2, 0) is 9.59 Å². The number of unbranched alkanes of at least 4 members (excludes halogenated alkanes) is 2. The molecule has 2 aromatic carbocycles.